The van der Waals surface area contributed by atoms with Gasteiger partial charge in [0.25, 0.3) is 5.56 Å². The number of nitrogens with one attached hydrogen (secondary N) is 2. The van der Waals surface area contributed by atoms with Gasteiger partial charge in [0, 0.05) is 17.6 Å². The SMILES string of the molecule is C[C@H](C(=O)Nc1ccc(CC[C@H]2CCN(C)C[C@H]2C)cc1)c1n[nH]c(=O)c2ccccc12. The van der Waals surface area contributed by atoms with Crippen LogP contribution in [0, 0.1) is 11.8 Å². The number of piperidine rings is 1. The molecule has 1 aliphatic heterocycles. The van der Waals surface area contributed by atoms with Gasteiger partial charge in [-0.2, -0.15) is 5.10 Å². The van der Waals surface area contributed by atoms with Crippen LogP contribution in [0.2, 0.25) is 0 Å². The van der Waals surface area contributed by atoms with Gasteiger partial charge in [0.2, 0.25) is 5.91 Å². The van der Waals surface area contributed by atoms with Gasteiger partial charge < -0.3 is 10.2 Å². The molecule has 32 heavy (non-hydrogen) atoms. The highest BCUT2D eigenvalue weighted by Gasteiger charge is 2.24. The lowest BCUT2D eigenvalue weighted by Crippen LogP contribution is -2.36. The van der Waals surface area contributed by atoms with Crippen LogP contribution in [-0.4, -0.2) is 41.1 Å². The number of benzene rings is 2. The predicted molar refractivity (Wildman–Crippen MR) is 129 cm³/mol. The quantitative estimate of drug-likeness (QED) is 0.612. The Hall–Kier alpha value is -2.99. The van der Waals surface area contributed by atoms with Crippen molar-refractivity contribution in [2.24, 2.45) is 11.8 Å². The van der Waals surface area contributed by atoms with E-state index in [4.69, 9.17) is 0 Å². The van der Waals surface area contributed by atoms with Crippen LogP contribution in [0.5, 0.6) is 0 Å². The topological polar surface area (TPSA) is 78.1 Å². The number of aromatic nitrogens is 2. The van der Waals surface area contributed by atoms with Crippen LogP contribution in [0.1, 0.15) is 43.9 Å². The molecule has 3 atom stereocenters. The molecule has 1 amide bonds. The number of H-pyrrole nitrogens is 1. The number of nitrogens with zero attached hydrogens (tertiary/aromatic N) is 2. The summed E-state index contributed by atoms with van der Waals surface area (Å²) < 4.78 is 0. The van der Waals surface area contributed by atoms with Gasteiger partial charge in [0.15, 0.2) is 0 Å². The molecule has 0 aliphatic carbocycles. The molecule has 0 spiro atoms. The molecular weight excluding hydrogens is 400 g/mol. The average molecular weight is 433 g/mol. The number of likely N-dealkylation sites (tertiary alicyclic amines) is 1. The third-order valence-corrected chi connectivity index (χ3v) is 6.84. The number of carbonyl (C=O) groups is 1. The zero-order chi connectivity index (χ0) is 22.7. The summed E-state index contributed by atoms with van der Waals surface area (Å²) in [5.74, 6) is 0.877. The first-order chi connectivity index (χ1) is 15.4. The van der Waals surface area contributed by atoms with Crippen LogP contribution in [0.15, 0.2) is 53.3 Å². The van der Waals surface area contributed by atoms with Crippen molar-refractivity contribution in [1.29, 1.82) is 0 Å². The fraction of sp³-hybridized carbons (Fsp3) is 0.423. The molecule has 0 bridgehead atoms. The van der Waals surface area contributed by atoms with Crippen LogP contribution < -0.4 is 10.9 Å². The minimum atomic E-state index is -0.498. The van der Waals surface area contributed by atoms with E-state index in [1.807, 2.05) is 24.3 Å². The summed E-state index contributed by atoms with van der Waals surface area (Å²) >= 11 is 0. The molecule has 2 heterocycles. The highest BCUT2D eigenvalue weighted by Crippen LogP contribution is 2.27. The average Bonchev–Trinajstić information content (AvgIpc) is 2.79. The summed E-state index contributed by atoms with van der Waals surface area (Å²) in [6, 6.07) is 15.4. The second-order valence-corrected chi connectivity index (χ2v) is 9.22. The highest BCUT2D eigenvalue weighted by atomic mass is 16.2. The van der Waals surface area contributed by atoms with E-state index in [-0.39, 0.29) is 11.5 Å². The monoisotopic (exact) mass is 432 g/mol. The summed E-state index contributed by atoms with van der Waals surface area (Å²) in [6.07, 6.45) is 3.55. The molecule has 6 heteroatoms. The second kappa shape index (κ2) is 9.65. The number of aromatic amines is 1. The third-order valence-electron chi connectivity index (χ3n) is 6.84. The van der Waals surface area contributed by atoms with Crippen molar-refractivity contribution in [1.82, 2.24) is 15.1 Å². The van der Waals surface area contributed by atoms with E-state index in [1.165, 1.54) is 31.5 Å². The molecule has 1 fully saturated rings. The lowest BCUT2D eigenvalue weighted by atomic mass is 9.83. The van der Waals surface area contributed by atoms with Crippen LogP contribution in [0.25, 0.3) is 10.8 Å². The first kappa shape index (κ1) is 22.2. The summed E-state index contributed by atoms with van der Waals surface area (Å²) in [5, 5.41) is 10.9. The van der Waals surface area contributed by atoms with Crippen molar-refractivity contribution in [3.63, 3.8) is 0 Å². The number of hydrogen-bond acceptors (Lipinski definition) is 4. The molecule has 1 aromatic heterocycles. The Morgan fingerprint density at radius 3 is 2.62 bits per heavy atom. The number of anilines is 1. The van der Waals surface area contributed by atoms with Crippen molar-refractivity contribution in [2.45, 2.75) is 39.0 Å². The van der Waals surface area contributed by atoms with E-state index in [1.54, 1.807) is 19.1 Å². The second-order valence-electron chi connectivity index (χ2n) is 9.22. The largest absolute Gasteiger partial charge is 0.326 e. The fourth-order valence-electron chi connectivity index (χ4n) is 4.78. The fourth-order valence-corrected chi connectivity index (χ4v) is 4.78. The smallest absolute Gasteiger partial charge is 0.272 e. The maximum Gasteiger partial charge on any atom is 0.272 e. The number of fused-ring (bicyclic) bond motifs is 1. The Balaban J connectivity index is 1.38. The van der Waals surface area contributed by atoms with Gasteiger partial charge in [-0.15, -0.1) is 0 Å². The van der Waals surface area contributed by atoms with Gasteiger partial charge in [-0.1, -0.05) is 37.3 Å². The van der Waals surface area contributed by atoms with Crippen molar-refractivity contribution in [3.8, 4) is 0 Å². The molecule has 0 saturated carbocycles. The van der Waals surface area contributed by atoms with Crippen LogP contribution >= 0.6 is 0 Å². The van der Waals surface area contributed by atoms with Crippen LogP contribution in [0.4, 0.5) is 5.69 Å². The van der Waals surface area contributed by atoms with E-state index in [0.717, 1.165) is 23.9 Å². The zero-order valence-electron chi connectivity index (χ0n) is 19.1. The molecule has 168 valence electrons. The van der Waals surface area contributed by atoms with Gasteiger partial charge in [-0.25, -0.2) is 5.10 Å². The first-order valence-corrected chi connectivity index (χ1v) is 11.5. The molecule has 3 aromatic rings. The van der Waals surface area contributed by atoms with Crippen molar-refractivity contribution < 1.29 is 4.79 Å². The molecule has 4 rings (SSSR count). The molecule has 6 nitrogen and oxygen atoms in total. The molecule has 1 aliphatic rings. The van der Waals surface area contributed by atoms with E-state index < -0.39 is 5.92 Å². The molecular formula is C26H32N4O2. The summed E-state index contributed by atoms with van der Waals surface area (Å²) in [5.41, 5.74) is 2.39. The normalized spacial score (nSPS) is 20.2. The van der Waals surface area contributed by atoms with Crippen molar-refractivity contribution in [3.05, 3.63) is 70.1 Å². The summed E-state index contributed by atoms with van der Waals surface area (Å²) in [7, 11) is 2.20. The standard InChI is InChI=1S/C26H32N4O2/c1-17-16-30(3)15-14-20(17)11-8-19-9-12-21(13-10-19)27-25(31)18(2)24-22-6-4-5-7-23(22)26(32)29-28-24/h4-7,9-10,12-13,17-18,20H,8,11,14-16H2,1-3H3,(H,27,31)(H,29,32)/t17-,18+,20+/m1/s1. The summed E-state index contributed by atoms with van der Waals surface area (Å²) in [6.45, 7) is 6.55. The van der Waals surface area contributed by atoms with E-state index in [2.05, 4.69) is 46.5 Å². The molecule has 0 radical (unpaired) electrons. The van der Waals surface area contributed by atoms with Crippen molar-refractivity contribution in [2.75, 3.05) is 25.5 Å². The van der Waals surface area contributed by atoms with Gasteiger partial charge in [0.1, 0.15) is 0 Å². The molecule has 0 unspecified atom stereocenters. The Bertz CT molecular complexity index is 1140. The van der Waals surface area contributed by atoms with Crippen molar-refractivity contribution >= 4 is 22.4 Å². The number of amides is 1. The minimum absolute atomic E-state index is 0.150. The Labute approximate surface area is 189 Å². The maximum atomic E-state index is 12.9. The number of hydrogen-bond donors (Lipinski definition) is 2. The lowest BCUT2D eigenvalue weighted by molar-refractivity contribution is -0.117. The molecule has 1 saturated heterocycles. The number of rotatable bonds is 6. The van der Waals surface area contributed by atoms with Crippen LogP contribution in [0.3, 0.4) is 0 Å². The van der Waals surface area contributed by atoms with Gasteiger partial charge in [-0.3, -0.25) is 9.59 Å². The van der Waals surface area contributed by atoms with E-state index in [0.29, 0.717) is 16.5 Å². The Kier molecular flexibility index (Phi) is 6.70. The first-order valence-electron chi connectivity index (χ1n) is 11.5. The maximum absolute atomic E-state index is 12.9. The Morgan fingerprint density at radius 2 is 1.91 bits per heavy atom. The predicted octanol–water partition coefficient (Wildman–Crippen LogP) is 4.19. The molecule has 2 aromatic carbocycles. The van der Waals surface area contributed by atoms with Gasteiger partial charge in [0.05, 0.1) is 17.0 Å². The lowest BCUT2D eigenvalue weighted by Gasteiger charge is -2.34. The number of aryl methyl sites for hydroxylation is 1. The van der Waals surface area contributed by atoms with E-state index in [9.17, 15) is 9.59 Å². The van der Waals surface area contributed by atoms with Gasteiger partial charge in [-0.05, 0) is 75.4 Å². The zero-order valence-corrected chi connectivity index (χ0v) is 19.1. The Morgan fingerprint density at radius 1 is 1.19 bits per heavy atom. The summed E-state index contributed by atoms with van der Waals surface area (Å²) in [4.78, 5) is 27.3. The molecule has 2 N–H and O–H groups in total. The highest BCUT2D eigenvalue weighted by molar-refractivity contribution is 5.98. The van der Waals surface area contributed by atoms with Gasteiger partial charge >= 0.3 is 0 Å². The number of carbonyl (C=O) groups excluding carboxylic acids is 1. The van der Waals surface area contributed by atoms with E-state index >= 15 is 0 Å². The third kappa shape index (κ3) is 4.91. The minimum Gasteiger partial charge on any atom is -0.326 e. The van der Waals surface area contributed by atoms with Crippen LogP contribution in [-0.2, 0) is 11.2 Å².